The zero-order valence-corrected chi connectivity index (χ0v) is 21.9. The van der Waals surface area contributed by atoms with Gasteiger partial charge in [0, 0.05) is 11.7 Å². The Bertz CT molecular complexity index is 1060. The maximum Gasteiger partial charge on any atom is 0.351 e. The van der Waals surface area contributed by atoms with Crippen LogP contribution in [0.15, 0.2) is 28.7 Å². The van der Waals surface area contributed by atoms with Gasteiger partial charge in [-0.2, -0.15) is 0 Å². The second kappa shape index (κ2) is 9.90. The minimum absolute atomic E-state index is 0.270. The third-order valence-electron chi connectivity index (χ3n) is 7.50. The lowest BCUT2D eigenvalue weighted by atomic mass is 9.54. The van der Waals surface area contributed by atoms with E-state index in [2.05, 4.69) is 33.4 Å². The first-order valence-corrected chi connectivity index (χ1v) is 13.6. The van der Waals surface area contributed by atoms with Gasteiger partial charge in [-0.15, -0.1) is 11.3 Å². The van der Waals surface area contributed by atoms with E-state index in [1.54, 1.807) is 6.92 Å². The average Bonchev–Trinajstić information content (AvgIpc) is 3.15. The van der Waals surface area contributed by atoms with Crippen LogP contribution in [0, 0.1) is 23.7 Å². The number of anilines is 1. The Balaban J connectivity index is 1.39. The molecule has 34 heavy (non-hydrogen) atoms. The first kappa shape index (κ1) is 23.7. The van der Waals surface area contributed by atoms with Gasteiger partial charge < -0.3 is 19.5 Å². The van der Waals surface area contributed by atoms with Crippen LogP contribution < -0.4 is 10.1 Å². The van der Waals surface area contributed by atoms with Gasteiger partial charge in [0.05, 0.1) is 23.1 Å². The Morgan fingerprint density at radius 2 is 1.82 bits per heavy atom. The summed E-state index contributed by atoms with van der Waals surface area (Å²) in [5.41, 5.74) is 2.07. The summed E-state index contributed by atoms with van der Waals surface area (Å²) in [5, 5.41) is 3.87. The van der Waals surface area contributed by atoms with Crippen molar-refractivity contribution < 1.29 is 23.8 Å². The number of hydrogen-bond donors (Lipinski definition) is 1. The molecule has 0 spiro atoms. The van der Waals surface area contributed by atoms with Crippen molar-refractivity contribution in [1.82, 2.24) is 0 Å². The lowest BCUT2D eigenvalue weighted by Gasteiger charge is -2.54. The molecule has 1 aromatic heterocycles. The molecule has 4 bridgehead atoms. The van der Waals surface area contributed by atoms with E-state index < -0.39 is 11.9 Å². The maximum absolute atomic E-state index is 12.4. The molecule has 0 radical (unpaired) electrons. The normalized spacial score (nSPS) is 26.9. The fourth-order valence-corrected chi connectivity index (χ4v) is 8.34. The van der Waals surface area contributed by atoms with Gasteiger partial charge in [-0.3, -0.25) is 0 Å². The Morgan fingerprint density at radius 1 is 1.12 bits per heavy atom. The van der Waals surface area contributed by atoms with Gasteiger partial charge in [0.25, 0.3) is 0 Å². The van der Waals surface area contributed by atoms with E-state index in [0.29, 0.717) is 21.1 Å². The molecule has 0 amide bonds. The van der Waals surface area contributed by atoms with Crippen molar-refractivity contribution in [3.63, 3.8) is 0 Å². The summed E-state index contributed by atoms with van der Waals surface area (Å²) in [4.78, 5) is 25.4. The van der Waals surface area contributed by atoms with Crippen LogP contribution in [0.2, 0.25) is 0 Å². The van der Waals surface area contributed by atoms with Gasteiger partial charge in [-0.1, -0.05) is 12.1 Å². The van der Waals surface area contributed by atoms with Crippen LogP contribution in [0.5, 0.6) is 5.75 Å². The standard InChI is InChI=1S/C26H30BrNO5S/c1-3-32-20(29)13-33-23-21(27)24(34-25(23)26(30)31-2)16-5-4-6-19(12-16)28-22-17-8-14-7-15(10-17)11-18(22)9-14/h4-6,12,14-15,17-18,22,28H,3,7-11,13H2,1-2H3. The van der Waals surface area contributed by atoms with E-state index >= 15 is 0 Å². The highest BCUT2D eigenvalue weighted by molar-refractivity contribution is 9.10. The summed E-state index contributed by atoms with van der Waals surface area (Å²) < 4.78 is 16.2. The van der Waals surface area contributed by atoms with Crippen LogP contribution in [0.3, 0.4) is 0 Å². The Morgan fingerprint density at radius 3 is 2.47 bits per heavy atom. The summed E-state index contributed by atoms with van der Waals surface area (Å²) in [7, 11) is 1.33. The highest BCUT2D eigenvalue weighted by Crippen LogP contribution is 2.54. The smallest absolute Gasteiger partial charge is 0.351 e. The summed E-state index contributed by atoms with van der Waals surface area (Å²) in [5.74, 6) is 2.76. The Labute approximate surface area is 212 Å². The predicted octanol–water partition coefficient (Wildman–Crippen LogP) is 6.14. The summed E-state index contributed by atoms with van der Waals surface area (Å²) in [6.45, 7) is 1.73. The average molecular weight is 548 g/mol. The molecular formula is C26H30BrNO5S. The second-order valence-electron chi connectivity index (χ2n) is 9.67. The molecule has 1 aromatic carbocycles. The van der Waals surface area contributed by atoms with E-state index in [9.17, 15) is 9.59 Å². The zero-order chi connectivity index (χ0) is 23.8. The van der Waals surface area contributed by atoms with Crippen molar-refractivity contribution in [1.29, 1.82) is 0 Å². The number of hydrogen-bond acceptors (Lipinski definition) is 7. The molecule has 8 heteroatoms. The molecule has 1 heterocycles. The molecule has 6 rings (SSSR count). The summed E-state index contributed by atoms with van der Waals surface area (Å²) in [6, 6.07) is 8.86. The molecule has 0 atom stereocenters. The second-order valence-corrected chi connectivity index (χ2v) is 11.5. The first-order valence-electron chi connectivity index (χ1n) is 12.0. The Hall–Kier alpha value is -2.06. The summed E-state index contributed by atoms with van der Waals surface area (Å²) >= 11 is 4.89. The monoisotopic (exact) mass is 547 g/mol. The van der Waals surface area contributed by atoms with Crippen molar-refractivity contribution in [2.45, 2.75) is 45.1 Å². The lowest BCUT2D eigenvalue weighted by molar-refractivity contribution is -0.145. The fraction of sp³-hybridized carbons (Fsp3) is 0.538. The molecule has 1 N–H and O–H groups in total. The molecule has 4 fully saturated rings. The SMILES string of the molecule is CCOC(=O)COc1c(C(=O)OC)sc(-c2cccc(NC3C4CC5CC(C4)CC3C5)c2)c1Br. The van der Waals surface area contributed by atoms with Crippen LogP contribution in [-0.4, -0.2) is 38.3 Å². The lowest BCUT2D eigenvalue weighted by Crippen LogP contribution is -2.51. The highest BCUT2D eigenvalue weighted by Gasteiger charge is 2.48. The molecule has 0 aliphatic heterocycles. The maximum atomic E-state index is 12.4. The predicted molar refractivity (Wildman–Crippen MR) is 135 cm³/mol. The minimum atomic E-state index is -0.501. The van der Waals surface area contributed by atoms with Crippen molar-refractivity contribution in [3.05, 3.63) is 33.6 Å². The molecule has 6 nitrogen and oxygen atoms in total. The van der Waals surface area contributed by atoms with E-state index in [1.807, 2.05) is 12.1 Å². The van der Waals surface area contributed by atoms with Gasteiger partial charge in [0.2, 0.25) is 0 Å². The number of methoxy groups -OCH3 is 1. The molecule has 2 aromatic rings. The van der Waals surface area contributed by atoms with Gasteiger partial charge >= 0.3 is 11.9 Å². The topological polar surface area (TPSA) is 73.9 Å². The third kappa shape index (κ3) is 4.59. The molecule has 0 saturated heterocycles. The number of rotatable bonds is 8. The molecular weight excluding hydrogens is 518 g/mol. The number of esters is 2. The van der Waals surface area contributed by atoms with Crippen LogP contribution >= 0.6 is 27.3 Å². The number of thiophene rings is 1. The van der Waals surface area contributed by atoms with Crippen LogP contribution in [-0.2, 0) is 14.3 Å². The van der Waals surface area contributed by atoms with Crippen molar-refractivity contribution in [2.75, 3.05) is 25.6 Å². The van der Waals surface area contributed by atoms with Crippen molar-refractivity contribution in [3.8, 4) is 16.2 Å². The largest absolute Gasteiger partial charge is 0.479 e. The molecule has 4 saturated carbocycles. The van der Waals surface area contributed by atoms with Crippen molar-refractivity contribution in [2.24, 2.45) is 23.7 Å². The first-order chi connectivity index (χ1) is 16.5. The number of nitrogens with one attached hydrogen (secondary N) is 1. The van der Waals surface area contributed by atoms with E-state index in [1.165, 1.54) is 50.6 Å². The quantitative estimate of drug-likeness (QED) is 0.400. The number of carbonyl (C=O) groups excluding carboxylic acids is 2. The van der Waals surface area contributed by atoms with E-state index in [0.717, 1.165) is 39.8 Å². The Kier molecular flexibility index (Phi) is 6.89. The van der Waals surface area contributed by atoms with Gasteiger partial charge in [0.15, 0.2) is 17.2 Å². The molecule has 0 unspecified atom stereocenters. The summed E-state index contributed by atoms with van der Waals surface area (Å²) in [6.07, 6.45) is 6.91. The van der Waals surface area contributed by atoms with Gasteiger partial charge in [-0.05, 0) is 96.3 Å². The van der Waals surface area contributed by atoms with Crippen molar-refractivity contribution >= 4 is 44.9 Å². The number of benzene rings is 1. The minimum Gasteiger partial charge on any atom is -0.479 e. The molecule has 4 aliphatic carbocycles. The van der Waals surface area contributed by atoms with Crippen LogP contribution in [0.25, 0.3) is 10.4 Å². The molecule has 4 aliphatic rings. The number of carbonyl (C=O) groups is 2. The van der Waals surface area contributed by atoms with Crippen LogP contribution in [0.4, 0.5) is 5.69 Å². The third-order valence-corrected chi connectivity index (χ3v) is 9.72. The van der Waals surface area contributed by atoms with Crippen LogP contribution in [0.1, 0.15) is 48.7 Å². The number of ether oxygens (including phenoxy) is 3. The molecule has 182 valence electrons. The number of halogens is 1. The highest BCUT2D eigenvalue weighted by atomic mass is 79.9. The fourth-order valence-electron chi connectivity index (χ4n) is 6.37. The zero-order valence-electron chi connectivity index (χ0n) is 19.5. The van der Waals surface area contributed by atoms with E-state index in [4.69, 9.17) is 14.2 Å². The van der Waals surface area contributed by atoms with Gasteiger partial charge in [0.1, 0.15) is 0 Å². The van der Waals surface area contributed by atoms with Gasteiger partial charge in [-0.25, -0.2) is 9.59 Å². The van der Waals surface area contributed by atoms with E-state index in [-0.39, 0.29) is 13.2 Å².